The number of aromatic nitrogens is 3. The summed E-state index contributed by atoms with van der Waals surface area (Å²) in [6.45, 7) is 2.50. The molecule has 1 aliphatic heterocycles. The van der Waals surface area contributed by atoms with E-state index < -0.39 is 11.9 Å². The van der Waals surface area contributed by atoms with Crippen LogP contribution in [-0.4, -0.2) is 27.0 Å². The Morgan fingerprint density at radius 1 is 1.28 bits per heavy atom. The molecule has 168 valence electrons. The third kappa shape index (κ3) is 4.05. The maximum Gasteiger partial charge on any atom is 0.166 e. The molecule has 0 amide bonds. The summed E-state index contributed by atoms with van der Waals surface area (Å²) in [5, 5.41) is 4.83. The van der Waals surface area contributed by atoms with Gasteiger partial charge < -0.3 is 15.2 Å². The van der Waals surface area contributed by atoms with Gasteiger partial charge in [0.05, 0.1) is 22.9 Å². The zero-order valence-corrected chi connectivity index (χ0v) is 19.0. The highest BCUT2D eigenvalue weighted by molar-refractivity contribution is 6.36. The van der Waals surface area contributed by atoms with E-state index in [0.717, 1.165) is 43.4 Å². The summed E-state index contributed by atoms with van der Waals surface area (Å²) in [7, 11) is 0. The highest BCUT2D eigenvalue weighted by Gasteiger charge is 2.48. The van der Waals surface area contributed by atoms with Crippen molar-refractivity contribution in [3.05, 3.63) is 58.2 Å². The first kappa shape index (κ1) is 21.5. The van der Waals surface area contributed by atoms with E-state index in [1.54, 1.807) is 19.2 Å². The van der Waals surface area contributed by atoms with Crippen molar-refractivity contribution in [2.24, 2.45) is 0 Å². The zero-order chi connectivity index (χ0) is 22.5. The number of ether oxygens (including phenoxy) is 2. The molecule has 9 heteroatoms. The van der Waals surface area contributed by atoms with Crippen LogP contribution in [0.15, 0.2) is 36.8 Å². The van der Waals surface area contributed by atoms with Crippen molar-refractivity contribution >= 4 is 29.0 Å². The second-order valence-corrected chi connectivity index (χ2v) is 9.30. The number of hydrogen-bond acceptors (Lipinski definition) is 5. The van der Waals surface area contributed by atoms with Gasteiger partial charge in [-0.1, -0.05) is 23.2 Å². The maximum absolute atomic E-state index is 13.9. The fraction of sp³-hybridized carbons (Fsp3) is 0.391. The van der Waals surface area contributed by atoms with Gasteiger partial charge in [-0.05, 0) is 50.8 Å². The first-order valence-electron chi connectivity index (χ1n) is 10.6. The van der Waals surface area contributed by atoms with Gasteiger partial charge in [-0.2, -0.15) is 5.10 Å². The Hall–Kier alpha value is -2.35. The molecular formula is C23H23Cl2FN4O2. The molecule has 1 aromatic carbocycles. The predicted octanol–water partition coefficient (Wildman–Crippen LogP) is 6.00. The van der Waals surface area contributed by atoms with E-state index in [4.69, 9.17) is 38.4 Å². The van der Waals surface area contributed by atoms with Gasteiger partial charge in [0.15, 0.2) is 11.6 Å². The summed E-state index contributed by atoms with van der Waals surface area (Å²) in [4.78, 5) is 4.28. The Kier molecular flexibility index (Phi) is 5.51. The Bertz CT molecular complexity index is 1160. The summed E-state index contributed by atoms with van der Waals surface area (Å²) in [5.41, 5.74) is 8.21. The van der Waals surface area contributed by atoms with Gasteiger partial charge >= 0.3 is 0 Å². The monoisotopic (exact) mass is 476 g/mol. The van der Waals surface area contributed by atoms with Crippen molar-refractivity contribution in [2.75, 3.05) is 12.3 Å². The van der Waals surface area contributed by atoms with Crippen LogP contribution in [-0.2, 0) is 4.74 Å². The van der Waals surface area contributed by atoms with Crippen molar-refractivity contribution < 1.29 is 13.9 Å². The SMILES string of the molecule is C[C@@H](Oc1cc(-c2cnn(C3CCOC4(CC4)C3)c2)cnc1N)c1c(Cl)ccc(F)c1Cl. The van der Waals surface area contributed by atoms with E-state index in [1.165, 1.54) is 12.1 Å². The van der Waals surface area contributed by atoms with Crippen molar-refractivity contribution in [1.82, 2.24) is 14.8 Å². The van der Waals surface area contributed by atoms with Gasteiger partial charge in [0.1, 0.15) is 11.9 Å². The van der Waals surface area contributed by atoms with Crippen LogP contribution >= 0.6 is 23.2 Å². The fourth-order valence-electron chi connectivity index (χ4n) is 4.27. The lowest BCUT2D eigenvalue weighted by Crippen LogP contribution is -2.29. The Labute approximate surface area is 195 Å². The van der Waals surface area contributed by atoms with Crippen molar-refractivity contribution in [3.8, 4) is 16.9 Å². The number of hydrogen-bond donors (Lipinski definition) is 1. The highest BCUT2D eigenvalue weighted by atomic mass is 35.5. The minimum Gasteiger partial charge on any atom is -0.482 e. The molecule has 1 saturated carbocycles. The Morgan fingerprint density at radius 2 is 2.09 bits per heavy atom. The number of halogens is 3. The molecule has 2 aromatic heterocycles. The highest BCUT2D eigenvalue weighted by Crippen LogP contribution is 2.49. The number of benzene rings is 1. The zero-order valence-electron chi connectivity index (χ0n) is 17.5. The average Bonchev–Trinajstić information content (AvgIpc) is 3.32. The molecular weight excluding hydrogens is 454 g/mol. The summed E-state index contributed by atoms with van der Waals surface area (Å²) in [5.74, 6) is 0.0220. The van der Waals surface area contributed by atoms with Crippen LogP contribution in [0.3, 0.4) is 0 Å². The number of nitrogens with two attached hydrogens (primary N) is 1. The Balaban J connectivity index is 1.38. The number of rotatable bonds is 5. The van der Waals surface area contributed by atoms with Crippen LogP contribution in [0.1, 0.15) is 50.3 Å². The summed E-state index contributed by atoms with van der Waals surface area (Å²) in [6.07, 6.45) is 9.10. The van der Waals surface area contributed by atoms with Crippen molar-refractivity contribution in [2.45, 2.75) is 50.4 Å². The molecule has 3 aromatic rings. The van der Waals surface area contributed by atoms with E-state index in [2.05, 4.69) is 10.1 Å². The van der Waals surface area contributed by atoms with Gasteiger partial charge in [0, 0.05) is 40.7 Å². The number of nitrogen functional groups attached to an aromatic ring is 1. The second kappa shape index (κ2) is 8.21. The van der Waals surface area contributed by atoms with E-state index in [-0.39, 0.29) is 16.4 Å². The smallest absolute Gasteiger partial charge is 0.166 e. The van der Waals surface area contributed by atoms with Crippen molar-refractivity contribution in [3.63, 3.8) is 0 Å². The molecule has 3 heterocycles. The summed E-state index contributed by atoms with van der Waals surface area (Å²) < 4.78 is 27.9. The Morgan fingerprint density at radius 3 is 2.88 bits per heavy atom. The summed E-state index contributed by atoms with van der Waals surface area (Å²) in [6, 6.07) is 4.80. The van der Waals surface area contributed by atoms with Crippen molar-refractivity contribution in [1.29, 1.82) is 0 Å². The molecule has 0 bridgehead atoms. The molecule has 32 heavy (non-hydrogen) atoms. The first-order valence-corrected chi connectivity index (χ1v) is 11.3. The lowest BCUT2D eigenvalue weighted by Gasteiger charge is -2.29. The molecule has 6 nitrogen and oxygen atoms in total. The predicted molar refractivity (Wildman–Crippen MR) is 122 cm³/mol. The molecule has 1 spiro atoms. The minimum absolute atomic E-state index is 0.0705. The van der Waals surface area contributed by atoms with Gasteiger partial charge in [-0.15, -0.1) is 0 Å². The normalized spacial score (nSPS) is 20.3. The fourth-order valence-corrected chi connectivity index (χ4v) is 4.95. The number of anilines is 1. The first-order chi connectivity index (χ1) is 15.3. The van der Waals surface area contributed by atoms with Gasteiger partial charge in [-0.25, -0.2) is 9.37 Å². The molecule has 1 aliphatic carbocycles. The standard InChI is InChI=1S/C23H23Cl2FN4O2/c1-13(20-17(24)2-3-18(26)21(20)25)32-19-8-14(10-28-22(19)27)15-11-29-30(12-15)16-4-7-31-23(9-16)5-6-23/h2-3,8,10-13,16H,4-7,9H2,1H3,(H2,27,28)/t13-,16?/m1/s1. The molecule has 2 fully saturated rings. The summed E-state index contributed by atoms with van der Waals surface area (Å²) >= 11 is 12.4. The third-order valence-electron chi connectivity index (χ3n) is 6.26. The molecule has 2 aliphatic rings. The quantitative estimate of drug-likeness (QED) is 0.457. The topological polar surface area (TPSA) is 75.2 Å². The van der Waals surface area contributed by atoms with Crippen LogP contribution in [0.5, 0.6) is 5.75 Å². The molecule has 2 atom stereocenters. The molecule has 5 rings (SSSR count). The largest absolute Gasteiger partial charge is 0.482 e. The maximum atomic E-state index is 13.9. The molecule has 1 saturated heterocycles. The van der Waals surface area contributed by atoms with E-state index in [1.807, 2.05) is 17.1 Å². The lowest BCUT2D eigenvalue weighted by molar-refractivity contribution is -0.0269. The number of pyridine rings is 1. The third-order valence-corrected chi connectivity index (χ3v) is 6.97. The van der Waals surface area contributed by atoms with Crippen LogP contribution in [0.4, 0.5) is 10.2 Å². The van der Waals surface area contributed by atoms with Crippen LogP contribution in [0.25, 0.3) is 11.1 Å². The lowest BCUT2D eigenvalue weighted by atomic mass is 10.0. The minimum atomic E-state index is -0.634. The van der Waals surface area contributed by atoms with Gasteiger partial charge in [-0.3, -0.25) is 4.68 Å². The molecule has 1 unspecified atom stereocenters. The van der Waals surface area contributed by atoms with E-state index in [0.29, 0.717) is 22.4 Å². The van der Waals surface area contributed by atoms with E-state index in [9.17, 15) is 4.39 Å². The molecule has 0 radical (unpaired) electrons. The van der Waals surface area contributed by atoms with Crippen LogP contribution in [0, 0.1) is 5.82 Å². The van der Waals surface area contributed by atoms with Gasteiger partial charge in [0.2, 0.25) is 0 Å². The number of nitrogens with zero attached hydrogens (tertiary/aromatic N) is 3. The van der Waals surface area contributed by atoms with E-state index >= 15 is 0 Å². The second-order valence-electron chi connectivity index (χ2n) is 8.51. The average molecular weight is 477 g/mol. The van der Waals surface area contributed by atoms with Gasteiger partial charge in [0.25, 0.3) is 0 Å². The van der Waals surface area contributed by atoms with Crippen LogP contribution < -0.4 is 10.5 Å². The van der Waals surface area contributed by atoms with Crippen LogP contribution in [0.2, 0.25) is 10.0 Å². The molecule has 2 N–H and O–H groups in total.